The molecular formula is C42H41ClN2O3. The highest BCUT2D eigenvalue weighted by Crippen LogP contribution is 2.44. The SMILES string of the molecule is Cc1ccc(C(NCCCC(=O)[C@@H](C)N(C)C(=O)OCC2c3ccccc3-c3ccccc32)(c2ccccc2)c2ccccc2Cl)cc1. The van der Waals surface area contributed by atoms with E-state index in [0.29, 0.717) is 24.4 Å². The molecule has 0 saturated heterocycles. The maximum atomic E-state index is 13.4. The zero-order chi connectivity index (χ0) is 33.7. The van der Waals surface area contributed by atoms with Crippen LogP contribution in [0.25, 0.3) is 11.1 Å². The molecule has 0 saturated carbocycles. The third-order valence-electron chi connectivity index (χ3n) is 9.63. The number of nitrogens with one attached hydrogen (secondary N) is 1. The summed E-state index contributed by atoms with van der Waals surface area (Å²) in [5, 5.41) is 4.47. The van der Waals surface area contributed by atoms with Gasteiger partial charge in [0, 0.05) is 24.4 Å². The number of carbonyl (C=O) groups excluding carboxylic acids is 2. The maximum absolute atomic E-state index is 13.4. The minimum absolute atomic E-state index is 0.0220. The molecule has 1 N–H and O–H groups in total. The van der Waals surface area contributed by atoms with Crippen LogP contribution in [-0.2, 0) is 15.1 Å². The van der Waals surface area contributed by atoms with Gasteiger partial charge in [-0.3, -0.25) is 10.1 Å². The highest BCUT2D eigenvalue weighted by atomic mass is 35.5. The van der Waals surface area contributed by atoms with E-state index in [9.17, 15) is 9.59 Å². The highest BCUT2D eigenvalue weighted by molar-refractivity contribution is 6.31. The summed E-state index contributed by atoms with van der Waals surface area (Å²) in [6.07, 6.45) is 0.375. The van der Waals surface area contributed by atoms with Gasteiger partial charge in [0.2, 0.25) is 0 Å². The number of benzene rings is 5. The van der Waals surface area contributed by atoms with Crippen molar-refractivity contribution in [3.8, 4) is 11.1 Å². The van der Waals surface area contributed by atoms with Crippen LogP contribution in [0.5, 0.6) is 0 Å². The van der Waals surface area contributed by atoms with Gasteiger partial charge in [-0.25, -0.2) is 4.79 Å². The molecule has 1 aliphatic carbocycles. The molecule has 0 aliphatic heterocycles. The van der Waals surface area contributed by atoms with Crippen molar-refractivity contribution in [2.75, 3.05) is 20.2 Å². The topological polar surface area (TPSA) is 58.6 Å². The van der Waals surface area contributed by atoms with E-state index in [1.165, 1.54) is 21.6 Å². The first kappa shape index (κ1) is 33.2. The molecule has 1 aliphatic rings. The van der Waals surface area contributed by atoms with Crippen LogP contribution in [-0.4, -0.2) is 43.0 Å². The van der Waals surface area contributed by atoms with Crippen molar-refractivity contribution < 1.29 is 14.3 Å². The molecule has 0 heterocycles. The summed E-state index contributed by atoms with van der Waals surface area (Å²) in [6.45, 7) is 4.59. The molecule has 244 valence electrons. The Labute approximate surface area is 288 Å². The number of carbonyl (C=O) groups is 2. The molecule has 6 rings (SSSR count). The van der Waals surface area contributed by atoms with Gasteiger partial charge in [0.15, 0.2) is 5.78 Å². The number of hydrogen-bond donors (Lipinski definition) is 1. The molecule has 48 heavy (non-hydrogen) atoms. The van der Waals surface area contributed by atoms with Crippen molar-refractivity contribution in [3.05, 3.63) is 166 Å². The van der Waals surface area contributed by atoms with Gasteiger partial charge in [-0.1, -0.05) is 138 Å². The number of fused-ring (bicyclic) bond motifs is 3. The van der Waals surface area contributed by atoms with Gasteiger partial charge < -0.3 is 9.64 Å². The predicted molar refractivity (Wildman–Crippen MR) is 193 cm³/mol. The van der Waals surface area contributed by atoms with Gasteiger partial charge in [-0.2, -0.15) is 0 Å². The van der Waals surface area contributed by atoms with E-state index >= 15 is 0 Å². The lowest BCUT2D eigenvalue weighted by Crippen LogP contribution is -2.45. The van der Waals surface area contributed by atoms with Gasteiger partial charge in [-0.15, -0.1) is 0 Å². The molecule has 0 spiro atoms. The molecule has 0 radical (unpaired) electrons. The summed E-state index contributed by atoms with van der Waals surface area (Å²) in [6, 6.07) is 42.5. The normalized spacial score (nSPS) is 14.0. The van der Waals surface area contributed by atoms with Crippen LogP contribution in [0.1, 0.15) is 59.1 Å². The van der Waals surface area contributed by atoms with Gasteiger partial charge in [0.25, 0.3) is 0 Å². The summed E-state index contributed by atoms with van der Waals surface area (Å²) in [5.41, 5.74) is 8.13. The van der Waals surface area contributed by atoms with Gasteiger partial charge in [0.05, 0.1) is 11.6 Å². The summed E-state index contributed by atoms with van der Waals surface area (Å²) in [7, 11) is 1.63. The quantitative estimate of drug-likeness (QED) is 0.107. The average molecular weight is 657 g/mol. The molecule has 5 aromatic carbocycles. The predicted octanol–water partition coefficient (Wildman–Crippen LogP) is 9.15. The molecule has 6 heteroatoms. The number of ether oxygens (including phenoxy) is 1. The third-order valence-corrected chi connectivity index (χ3v) is 9.96. The number of rotatable bonds is 12. The molecule has 1 amide bonds. The maximum Gasteiger partial charge on any atom is 0.410 e. The Morgan fingerprint density at radius 1 is 0.792 bits per heavy atom. The minimum Gasteiger partial charge on any atom is -0.448 e. The number of nitrogens with zero attached hydrogens (tertiary/aromatic N) is 1. The summed E-state index contributed by atoms with van der Waals surface area (Å²) < 4.78 is 5.82. The second-order valence-electron chi connectivity index (χ2n) is 12.5. The third kappa shape index (κ3) is 6.53. The number of ketones is 1. The van der Waals surface area contributed by atoms with Gasteiger partial charge >= 0.3 is 6.09 Å². The smallest absolute Gasteiger partial charge is 0.410 e. The second-order valence-corrected chi connectivity index (χ2v) is 13.0. The zero-order valence-electron chi connectivity index (χ0n) is 27.7. The van der Waals surface area contributed by atoms with Crippen LogP contribution in [0.3, 0.4) is 0 Å². The molecule has 2 atom stereocenters. The highest BCUT2D eigenvalue weighted by Gasteiger charge is 2.37. The lowest BCUT2D eigenvalue weighted by molar-refractivity contribution is -0.123. The van der Waals surface area contributed by atoms with E-state index in [4.69, 9.17) is 16.3 Å². The van der Waals surface area contributed by atoms with E-state index in [0.717, 1.165) is 27.8 Å². The Kier molecular flexibility index (Phi) is 10.1. The van der Waals surface area contributed by atoms with E-state index in [2.05, 4.69) is 79.0 Å². The first-order valence-corrected chi connectivity index (χ1v) is 16.9. The number of hydrogen-bond acceptors (Lipinski definition) is 4. The van der Waals surface area contributed by atoms with Crippen molar-refractivity contribution in [2.24, 2.45) is 0 Å². The minimum atomic E-state index is -0.736. The van der Waals surface area contributed by atoms with Crippen LogP contribution in [0.2, 0.25) is 5.02 Å². The van der Waals surface area contributed by atoms with Crippen molar-refractivity contribution >= 4 is 23.5 Å². The van der Waals surface area contributed by atoms with Crippen molar-refractivity contribution in [3.63, 3.8) is 0 Å². The summed E-state index contributed by atoms with van der Waals surface area (Å²) in [5.74, 6) is -0.0606. The monoisotopic (exact) mass is 656 g/mol. The largest absolute Gasteiger partial charge is 0.448 e. The van der Waals surface area contributed by atoms with Crippen LogP contribution in [0.15, 0.2) is 127 Å². The number of aryl methyl sites for hydroxylation is 1. The molecular weight excluding hydrogens is 616 g/mol. The second kappa shape index (κ2) is 14.6. The van der Waals surface area contributed by atoms with E-state index in [-0.39, 0.29) is 18.3 Å². The number of likely N-dealkylation sites (N-methyl/N-ethyl adjacent to an activating group) is 1. The lowest BCUT2D eigenvalue weighted by Gasteiger charge is -2.38. The van der Waals surface area contributed by atoms with E-state index < -0.39 is 17.7 Å². The van der Waals surface area contributed by atoms with E-state index in [1.54, 1.807) is 14.0 Å². The number of amides is 1. The fourth-order valence-corrected chi connectivity index (χ4v) is 7.13. The van der Waals surface area contributed by atoms with Crippen molar-refractivity contribution in [1.82, 2.24) is 10.2 Å². The molecule has 0 bridgehead atoms. The zero-order valence-corrected chi connectivity index (χ0v) is 28.4. The Hall–Kier alpha value is -4.71. The van der Waals surface area contributed by atoms with Crippen LogP contribution in [0, 0.1) is 6.92 Å². The Bertz CT molecular complexity index is 1850. The molecule has 0 fully saturated rings. The summed E-state index contributed by atoms with van der Waals surface area (Å²) in [4.78, 5) is 28.0. The number of halogens is 1. The van der Waals surface area contributed by atoms with Crippen molar-refractivity contribution in [1.29, 1.82) is 0 Å². The van der Waals surface area contributed by atoms with Crippen molar-refractivity contribution in [2.45, 2.75) is 44.2 Å². The van der Waals surface area contributed by atoms with Gasteiger partial charge in [0.1, 0.15) is 6.61 Å². The number of Topliss-reactive ketones (excluding diaryl/α,β-unsaturated/α-hetero) is 1. The Morgan fingerprint density at radius 2 is 1.35 bits per heavy atom. The fourth-order valence-electron chi connectivity index (χ4n) is 6.85. The standard InChI is InChI=1S/C42H41ClN2O3/c1-29-23-25-32(26-24-29)42(31-14-5-4-6-15-31,38-20-11-12-21-39(38)43)44-27-13-22-40(46)30(2)45(3)41(47)48-28-37-35-18-9-7-16-33(35)34-17-8-10-19-36(34)37/h4-12,14-21,23-26,30,37,44H,13,22,27-28H2,1-3H3/t30-,42?/m1/s1. The summed E-state index contributed by atoms with van der Waals surface area (Å²) >= 11 is 6.88. The van der Waals surface area contributed by atoms with Crippen LogP contribution >= 0.6 is 11.6 Å². The lowest BCUT2D eigenvalue weighted by atomic mass is 9.76. The molecule has 5 aromatic rings. The Morgan fingerprint density at radius 3 is 2.00 bits per heavy atom. The first-order chi connectivity index (χ1) is 23.3. The van der Waals surface area contributed by atoms with E-state index in [1.807, 2.05) is 60.7 Å². The fraction of sp³-hybridized carbons (Fsp3) is 0.238. The molecule has 5 nitrogen and oxygen atoms in total. The average Bonchev–Trinajstić information content (AvgIpc) is 3.44. The first-order valence-electron chi connectivity index (χ1n) is 16.5. The van der Waals surface area contributed by atoms with Crippen LogP contribution < -0.4 is 5.32 Å². The van der Waals surface area contributed by atoms with Gasteiger partial charge in [-0.05, 0) is 71.8 Å². The van der Waals surface area contributed by atoms with Crippen LogP contribution in [0.4, 0.5) is 4.79 Å². The molecule has 1 unspecified atom stereocenters. The molecule has 0 aromatic heterocycles. The Balaban J connectivity index is 1.12.